The van der Waals surface area contributed by atoms with Gasteiger partial charge >= 0.3 is 0 Å². The smallest absolute Gasteiger partial charge is 0.180 e. The highest BCUT2D eigenvalue weighted by atomic mass is 16.5. The van der Waals surface area contributed by atoms with Crippen LogP contribution in [0, 0.1) is 0 Å². The van der Waals surface area contributed by atoms with Crippen molar-refractivity contribution in [3.05, 3.63) is 23.8 Å². The number of carbonyl (C=O) groups is 1. The summed E-state index contributed by atoms with van der Waals surface area (Å²) < 4.78 is 10.7. The van der Waals surface area contributed by atoms with Crippen LogP contribution in [0.15, 0.2) is 18.2 Å². The van der Waals surface area contributed by atoms with Gasteiger partial charge < -0.3 is 9.47 Å². The van der Waals surface area contributed by atoms with Crippen LogP contribution in [0.5, 0.6) is 11.5 Å². The molecule has 3 nitrogen and oxygen atoms in total. The molecule has 0 atom stereocenters. The van der Waals surface area contributed by atoms with E-state index in [4.69, 9.17) is 9.47 Å². The van der Waals surface area contributed by atoms with E-state index in [2.05, 4.69) is 0 Å². The van der Waals surface area contributed by atoms with E-state index in [9.17, 15) is 4.79 Å². The average Bonchev–Trinajstić information content (AvgIpc) is 2.19. The van der Waals surface area contributed by atoms with Gasteiger partial charge in [0.1, 0.15) is 11.5 Å². The van der Waals surface area contributed by atoms with Crippen LogP contribution in [0.1, 0.15) is 19.4 Å². The molecular weight excluding hydrogens is 192 g/mol. The summed E-state index contributed by atoms with van der Waals surface area (Å²) in [6.07, 6.45) is 0.416. The summed E-state index contributed by atoms with van der Waals surface area (Å²) in [5.41, 5.74) is 0.195. The van der Waals surface area contributed by atoms with E-state index in [-0.39, 0.29) is 5.78 Å². The SMILES string of the molecule is COc1ccc2c(c1)CC(=O)C(C)(C)O2. The number of carbonyl (C=O) groups excluding carboxylic acids is 1. The second-order valence-electron chi connectivity index (χ2n) is 4.19. The third-order valence-electron chi connectivity index (χ3n) is 2.66. The van der Waals surface area contributed by atoms with Crippen LogP contribution < -0.4 is 9.47 Å². The van der Waals surface area contributed by atoms with Gasteiger partial charge in [0.05, 0.1) is 7.11 Å². The van der Waals surface area contributed by atoms with Crippen molar-refractivity contribution in [2.24, 2.45) is 0 Å². The molecule has 3 heteroatoms. The number of hydrogen-bond donors (Lipinski definition) is 0. The van der Waals surface area contributed by atoms with Crippen LogP contribution in [0.2, 0.25) is 0 Å². The predicted octanol–water partition coefficient (Wildman–Crippen LogP) is 1.98. The lowest BCUT2D eigenvalue weighted by Gasteiger charge is -2.31. The third kappa shape index (κ3) is 1.69. The first-order valence-corrected chi connectivity index (χ1v) is 4.92. The van der Waals surface area contributed by atoms with Gasteiger partial charge in [-0.25, -0.2) is 0 Å². The van der Waals surface area contributed by atoms with Crippen molar-refractivity contribution in [3.8, 4) is 11.5 Å². The number of Topliss-reactive ketones (excluding diaryl/α,β-unsaturated/α-hetero) is 1. The highest BCUT2D eigenvalue weighted by Crippen LogP contribution is 2.33. The molecule has 15 heavy (non-hydrogen) atoms. The topological polar surface area (TPSA) is 35.5 Å². The highest BCUT2D eigenvalue weighted by molar-refractivity contribution is 5.90. The third-order valence-corrected chi connectivity index (χ3v) is 2.66. The molecule has 0 aliphatic carbocycles. The molecule has 1 heterocycles. The number of benzene rings is 1. The molecule has 0 unspecified atom stereocenters. The van der Waals surface area contributed by atoms with Crippen molar-refractivity contribution in [1.82, 2.24) is 0 Å². The Morgan fingerprint density at radius 3 is 2.80 bits per heavy atom. The van der Waals surface area contributed by atoms with E-state index in [1.807, 2.05) is 18.2 Å². The summed E-state index contributed by atoms with van der Waals surface area (Å²) in [4.78, 5) is 11.7. The standard InChI is InChI=1S/C12H14O3/c1-12(2)11(13)7-8-6-9(14-3)4-5-10(8)15-12/h4-6H,7H2,1-3H3. The molecule has 1 aromatic carbocycles. The fourth-order valence-corrected chi connectivity index (χ4v) is 1.64. The molecule has 0 saturated carbocycles. The first-order chi connectivity index (χ1) is 7.03. The number of ether oxygens (including phenoxy) is 2. The van der Waals surface area contributed by atoms with Crippen molar-refractivity contribution < 1.29 is 14.3 Å². The second kappa shape index (κ2) is 3.26. The Kier molecular flexibility index (Phi) is 2.18. The predicted molar refractivity (Wildman–Crippen MR) is 56.4 cm³/mol. The minimum Gasteiger partial charge on any atom is -0.497 e. The van der Waals surface area contributed by atoms with Crippen LogP contribution in [-0.2, 0) is 11.2 Å². The summed E-state index contributed by atoms with van der Waals surface area (Å²) >= 11 is 0. The van der Waals surface area contributed by atoms with Crippen molar-refractivity contribution in [2.75, 3.05) is 7.11 Å². The van der Waals surface area contributed by atoms with E-state index in [1.54, 1.807) is 21.0 Å². The van der Waals surface area contributed by atoms with Crippen molar-refractivity contribution in [1.29, 1.82) is 0 Å². The Morgan fingerprint density at radius 1 is 1.40 bits per heavy atom. The summed E-state index contributed by atoms with van der Waals surface area (Å²) in [7, 11) is 1.61. The lowest BCUT2D eigenvalue weighted by atomic mass is 9.93. The number of ketones is 1. The zero-order valence-corrected chi connectivity index (χ0v) is 9.16. The van der Waals surface area contributed by atoms with Gasteiger partial charge in [0, 0.05) is 12.0 Å². The van der Waals surface area contributed by atoms with Crippen molar-refractivity contribution in [2.45, 2.75) is 25.9 Å². The van der Waals surface area contributed by atoms with E-state index in [0.29, 0.717) is 6.42 Å². The van der Waals surface area contributed by atoms with Gasteiger partial charge in [-0.3, -0.25) is 4.79 Å². The Morgan fingerprint density at radius 2 is 2.13 bits per heavy atom. The quantitative estimate of drug-likeness (QED) is 0.704. The molecule has 0 aromatic heterocycles. The van der Waals surface area contributed by atoms with Gasteiger partial charge in [-0.2, -0.15) is 0 Å². The Balaban J connectivity index is 2.41. The number of hydrogen-bond acceptors (Lipinski definition) is 3. The Hall–Kier alpha value is -1.51. The van der Waals surface area contributed by atoms with Crippen molar-refractivity contribution >= 4 is 5.78 Å². The molecule has 0 N–H and O–H groups in total. The first kappa shape index (κ1) is 10.0. The molecule has 2 rings (SSSR count). The minimum atomic E-state index is -0.707. The van der Waals surface area contributed by atoms with Gasteiger partial charge in [0.25, 0.3) is 0 Å². The molecule has 1 aromatic rings. The second-order valence-corrected chi connectivity index (χ2v) is 4.19. The molecule has 0 amide bonds. The Bertz CT molecular complexity index is 407. The maximum atomic E-state index is 11.7. The van der Waals surface area contributed by atoms with E-state index < -0.39 is 5.60 Å². The highest BCUT2D eigenvalue weighted by Gasteiger charge is 2.35. The van der Waals surface area contributed by atoms with Gasteiger partial charge in [0.2, 0.25) is 0 Å². The molecule has 0 saturated heterocycles. The van der Waals surface area contributed by atoms with Crippen LogP contribution in [0.4, 0.5) is 0 Å². The molecule has 0 spiro atoms. The fourth-order valence-electron chi connectivity index (χ4n) is 1.64. The average molecular weight is 206 g/mol. The molecule has 1 aliphatic rings. The molecule has 1 aliphatic heterocycles. The van der Waals surface area contributed by atoms with Crippen LogP contribution in [0.25, 0.3) is 0 Å². The molecule has 0 fully saturated rings. The first-order valence-electron chi connectivity index (χ1n) is 4.92. The summed E-state index contributed by atoms with van der Waals surface area (Å²) in [6.45, 7) is 3.59. The maximum Gasteiger partial charge on any atom is 0.180 e. The zero-order chi connectivity index (χ0) is 11.1. The Labute approximate surface area is 89.0 Å². The van der Waals surface area contributed by atoms with Gasteiger partial charge in [-0.1, -0.05) is 0 Å². The molecule has 0 radical (unpaired) electrons. The summed E-state index contributed by atoms with van der Waals surface area (Å²) in [5, 5.41) is 0. The van der Waals surface area contributed by atoms with Gasteiger partial charge in [0.15, 0.2) is 11.4 Å². The number of fused-ring (bicyclic) bond motifs is 1. The molecule has 0 bridgehead atoms. The van der Waals surface area contributed by atoms with Crippen LogP contribution in [0.3, 0.4) is 0 Å². The lowest BCUT2D eigenvalue weighted by molar-refractivity contribution is -0.132. The zero-order valence-electron chi connectivity index (χ0n) is 9.16. The molecular formula is C12H14O3. The van der Waals surface area contributed by atoms with Gasteiger partial charge in [-0.15, -0.1) is 0 Å². The monoisotopic (exact) mass is 206 g/mol. The molecule has 80 valence electrons. The normalized spacial score (nSPS) is 17.9. The minimum absolute atomic E-state index is 0.100. The van der Waals surface area contributed by atoms with E-state index in [1.165, 1.54) is 0 Å². The van der Waals surface area contributed by atoms with E-state index in [0.717, 1.165) is 17.1 Å². The largest absolute Gasteiger partial charge is 0.497 e. The van der Waals surface area contributed by atoms with Crippen LogP contribution >= 0.6 is 0 Å². The summed E-state index contributed by atoms with van der Waals surface area (Å²) in [5.74, 6) is 1.63. The number of rotatable bonds is 1. The number of methoxy groups -OCH3 is 1. The fraction of sp³-hybridized carbons (Fsp3) is 0.417. The maximum absolute atomic E-state index is 11.7. The summed E-state index contributed by atoms with van der Waals surface area (Å²) in [6, 6.07) is 5.54. The lowest BCUT2D eigenvalue weighted by Crippen LogP contribution is -2.42. The van der Waals surface area contributed by atoms with E-state index >= 15 is 0 Å². The van der Waals surface area contributed by atoms with Crippen molar-refractivity contribution in [3.63, 3.8) is 0 Å². The van der Waals surface area contributed by atoms with Crippen LogP contribution in [-0.4, -0.2) is 18.5 Å². The van der Waals surface area contributed by atoms with Gasteiger partial charge in [-0.05, 0) is 32.0 Å².